The highest BCUT2D eigenvalue weighted by atomic mass is 16.1. The molecule has 1 aliphatic heterocycles. The molecule has 0 bridgehead atoms. The molecule has 1 saturated heterocycles. The van der Waals surface area contributed by atoms with E-state index in [1.165, 1.54) is 0 Å². The van der Waals surface area contributed by atoms with Crippen molar-refractivity contribution < 1.29 is 4.79 Å². The van der Waals surface area contributed by atoms with Gasteiger partial charge in [0.15, 0.2) is 5.78 Å². The van der Waals surface area contributed by atoms with Gasteiger partial charge < -0.3 is 5.32 Å². The second-order valence-corrected chi connectivity index (χ2v) is 4.03. The van der Waals surface area contributed by atoms with Crippen molar-refractivity contribution in [2.24, 2.45) is 5.92 Å². The molecule has 5 nitrogen and oxygen atoms in total. The molecule has 3 rings (SSSR count). The maximum absolute atomic E-state index is 11.6. The van der Waals surface area contributed by atoms with Crippen LogP contribution in [0.25, 0.3) is 0 Å². The van der Waals surface area contributed by atoms with Crippen molar-refractivity contribution in [2.45, 2.75) is 18.9 Å². The Bertz CT molecular complexity index is 365. The second kappa shape index (κ2) is 2.88. The molecule has 0 aromatic carbocycles. The summed E-state index contributed by atoms with van der Waals surface area (Å²) in [6.07, 6.45) is 3.83. The van der Waals surface area contributed by atoms with Crippen LogP contribution in [0.2, 0.25) is 0 Å². The minimum absolute atomic E-state index is 0.170. The van der Waals surface area contributed by atoms with Gasteiger partial charge in [-0.3, -0.25) is 4.79 Å². The molecule has 0 atom stereocenters. The third-order valence-electron chi connectivity index (χ3n) is 2.84. The molecule has 14 heavy (non-hydrogen) atoms. The van der Waals surface area contributed by atoms with Crippen LogP contribution >= 0.6 is 0 Å². The summed E-state index contributed by atoms with van der Waals surface area (Å²) in [5, 5.41) is 11.1. The maximum atomic E-state index is 11.6. The zero-order valence-electron chi connectivity index (χ0n) is 7.81. The highest BCUT2D eigenvalue weighted by molar-refractivity contribution is 5.97. The van der Waals surface area contributed by atoms with Gasteiger partial charge in [0.1, 0.15) is 5.69 Å². The number of carbonyl (C=O) groups is 1. The quantitative estimate of drug-likeness (QED) is 0.686. The summed E-state index contributed by atoms with van der Waals surface area (Å²) >= 11 is 0. The number of aromatic nitrogens is 3. The van der Waals surface area contributed by atoms with Gasteiger partial charge in [-0.05, 0) is 12.8 Å². The smallest absolute Gasteiger partial charge is 0.187 e. The van der Waals surface area contributed by atoms with Crippen molar-refractivity contribution >= 4 is 5.78 Å². The average molecular weight is 192 g/mol. The Hall–Kier alpha value is -1.23. The minimum atomic E-state index is 0.170. The van der Waals surface area contributed by atoms with Crippen molar-refractivity contribution in [3.8, 4) is 0 Å². The van der Waals surface area contributed by atoms with Crippen LogP contribution in [0, 0.1) is 5.92 Å². The molecular weight excluding hydrogens is 180 g/mol. The molecule has 1 saturated carbocycles. The Kier molecular flexibility index (Phi) is 1.67. The Morgan fingerprint density at radius 2 is 2.29 bits per heavy atom. The van der Waals surface area contributed by atoms with Crippen LogP contribution in [0.1, 0.15) is 29.4 Å². The number of ketones is 1. The van der Waals surface area contributed by atoms with Gasteiger partial charge >= 0.3 is 0 Å². The molecule has 2 heterocycles. The Labute approximate surface area is 81.5 Å². The molecule has 5 heteroatoms. The predicted molar refractivity (Wildman–Crippen MR) is 49.0 cm³/mol. The fourth-order valence-corrected chi connectivity index (χ4v) is 1.58. The molecule has 2 aliphatic rings. The van der Waals surface area contributed by atoms with Crippen LogP contribution in [0.3, 0.4) is 0 Å². The molecule has 0 spiro atoms. The monoisotopic (exact) mass is 192 g/mol. The first-order chi connectivity index (χ1) is 6.84. The molecule has 1 N–H and O–H groups in total. The molecule has 0 amide bonds. The van der Waals surface area contributed by atoms with Crippen molar-refractivity contribution in [3.05, 3.63) is 11.9 Å². The SMILES string of the molecule is O=C(c1cn(C2CNC2)nn1)C1CC1. The van der Waals surface area contributed by atoms with E-state index in [0.29, 0.717) is 11.7 Å². The van der Waals surface area contributed by atoms with E-state index in [4.69, 9.17) is 0 Å². The molecule has 1 aromatic heterocycles. The van der Waals surface area contributed by atoms with Crippen LogP contribution in [0.4, 0.5) is 0 Å². The third kappa shape index (κ3) is 1.24. The predicted octanol–water partition coefficient (Wildman–Crippen LogP) is 0.0151. The first-order valence-corrected chi connectivity index (χ1v) is 5.01. The molecule has 1 aliphatic carbocycles. The minimum Gasteiger partial charge on any atom is -0.312 e. The zero-order valence-corrected chi connectivity index (χ0v) is 7.81. The number of Topliss-reactive ketones (excluding diaryl/α,β-unsaturated/α-hetero) is 1. The van der Waals surface area contributed by atoms with Gasteiger partial charge in [-0.25, -0.2) is 4.68 Å². The molecule has 2 fully saturated rings. The van der Waals surface area contributed by atoms with E-state index < -0.39 is 0 Å². The van der Waals surface area contributed by atoms with E-state index in [-0.39, 0.29) is 11.7 Å². The summed E-state index contributed by atoms with van der Waals surface area (Å²) < 4.78 is 1.80. The van der Waals surface area contributed by atoms with E-state index >= 15 is 0 Å². The van der Waals surface area contributed by atoms with Crippen LogP contribution in [-0.2, 0) is 0 Å². The summed E-state index contributed by atoms with van der Waals surface area (Å²) in [6.45, 7) is 1.86. The normalized spacial score (nSPS) is 22.0. The van der Waals surface area contributed by atoms with Gasteiger partial charge in [-0.2, -0.15) is 0 Å². The molecule has 0 unspecified atom stereocenters. The summed E-state index contributed by atoms with van der Waals surface area (Å²) in [7, 11) is 0. The van der Waals surface area contributed by atoms with E-state index in [1.807, 2.05) is 0 Å². The summed E-state index contributed by atoms with van der Waals surface area (Å²) in [5.74, 6) is 0.406. The van der Waals surface area contributed by atoms with Crippen LogP contribution in [0.5, 0.6) is 0 Å². The lowest BCUT2D eigenvalue weighted by atomic mass is 10.2. The number of hydrogen-bond acceptors (Lipinski definition) is 4. The number of nitrogens with zero attached hydrogens (tertiary/aromatic N) is 3. The fourth-order valence-electron chi connectivity index (χ4n) is 1.58. The van der Waals surface area contributed by atoms with Crippen LogP contribution < -0.4 is 5.32 Å². The highest BCUT2D eigenvalue weighted by Crippen LogP contribution is 2.32. The lowest BCUT2D eigenvalue weighted by Crippen LogP contribution is -2.43. The van der Waals surface area contributed by atoms with Gasteiger partial charge in [0.05, 0.1) is 12.2 Å². The van der Waals surface area contributed by atoms with Crippen molar-refractivity contribution in [3.63, 3.8) is 0 Å². The van der Waals surface area contributed by atoms with Crippen molar-refractivity contribution in [1.82, 2.24) is 20.3 Å². The highest BCUT2D eigenvalue weighted by Gasteiger charge is 2.32. The van der Waals surface area contributed by atoms with E-state index in [2.05, 4.69) is 15.6 Å². The van der Waals surface area contributed by atoms with E-state index in [0.717, 1.165) is 25.9 Å². The lowest BCUT2D eigenvalue weighted by Gasteiger charge is -2.26. The van der Waals surface area contributed by atoms with Crippen LogP contribution in [-0.4, -0.2) is 33.9 Å². The number of rotatable bonds is 3. The standard InChI is InChI=1S/C9H12N4O/c14-9(6-1-2-6)8-5-13(12-11-8)7-3-10-4-7/h5-7,10H,1-4H2. The van der Waals surface area contributed by atoms with Gasteiger partial charge in [-0.15, -0.1) is 5.10 Å². The van der Waals surface area contributed by atoms with Crippen molar-refractivity contribution in [1.29, 1.82) is 0 Å². The summed E-state index contributed by atoms with van der Waals surface area (Å²) in [6, 6.07) is 0.392. The number of carbonyl (C=O) groups excluding carboxylic acids is 1. The van der Waals surface area contributed by atoms with Crippen molar-refractivity contribution in [2.75, 3.05) is 13.1 Å². The molecule has 74 valence electrons. The first kappa shape index (κ1) is 8.11. The molecule has 1 aromatic rings. The Balaban J connectivity index is 1.78. The van der Waals surface area contributed by atoms with Gasteiger partial charge in [-0.1, -0.05) is 5.21 Å². The third-order valence-corrected chi connectivity index (χ3v) is 2.84. The van der Waals surface area contributed by atoms with Gasteiger partial charge in [0, 0.05) is 19.0 Å². The van der Waals surface area contributed by atoms with E-state index in [1.54, 1.807) is 10.9 Å². The average Bonchev–Trinajstić information content (AvgIpc) is 2.83. The van der Waals surface area contributed by atoms with Gasteiger partial charge in [0.25, 0.3) is 0 Å². The number of nitrogens with one attached hydrogen (secondary N) is 1. The largest absolute Gasteiger partial charge is 0.312 e. The van der Waals surface area contributed by atoms with E-state index in [9.17, 15) is 4.79 Å². The summed E-state index contributed by atoms with van der Waals surface area (Å²) in [5.41, 5.74) is 0.541. The van der Waals surface area contributed by atoms with Gasteiger partial charge in [0.2, 0.25) is 0 Å². The fraction of sp³-hybridized carbons (Fsp3) is 0.667. The zero-order chi connectivity index (χ0) is 9.54. The lowest BCUT2D eigenvalue weighted by molar-refractivity contribution is 0.0962. The molecular formula is C9H12N4O. The number of hydrogen-bond donors (Lipinski definition) is 1. The van der Waals surface area contributed by atoms with Crippen LogP contribution in [0.15, 0.2) is 6.20 Å². The Morgan fingerprint density at radius 3 is 2.86 bits per heavy atom. The molecule has 0 radical (unpaired) electrons. The Morgan fingerprint density at radius 1 is 1.50 bits per heavy atom. The maximum Gasteiger partial charge on any atom is 0.187 e. The topological polar surface area (TPSA) is 59.8 Å². The second-order valence-electron chi connectivity index (χ2n) is 4.03. The first-order valence-electron chi connectivity index (χ1n) is 5.01. The summed E-state index contributed by atoms with van der Waals surface area (Å²) in [4.78, 5) is 11.6.